The van der Waals surface area contributed by atoms with Gasteiger partial charge in [0.05, 0.1) is 6.61 Å². The van der Waals surface area contributed by atoms with Crippen LogP contribution in [0.5, 0.6) is 0 Å². The van der Waals surface area contributed by atoms with Crippen molar-refractivity contribution in [1.29, 1.82) is 0 Å². The second-order valence-electron chi connectivity index (χ2n) is 5.92. The highest BCUT2D eigenvalue weighted by atomic mass is 16.3. The Labute approximate surface area is 116 Å². The molecule has 2 rings (SSSR count). The Hall–Kier alpha value is -1.22. The van der Waals surface area contributed by atoms with Crippen molar-refractivity contribution in [2.24, 2.45) is 5.41 Å². The van der Waals surface area contributed by atoms with Gasteiger partial charge in [-0.2, -0.15) is 0 Å². The van der Waals surface area contributed by atoms with Gasteiger partial charge >= 0.3 is 0 Å². The van der Waals surface area contributed by atoms with Crippen LogP contribution < -0.4 is 10.2 Å². The van der Waals surface area contributed by atoms with Crippen molar-refractivity contribution in [2.45, 2.75) is 33.1 Å². The van der Waals surface area contributed by atoms with Crippen molar-refractivity contribution in [3.63, 3.8) is 0 Å². The van der Waals surface area contributed by atoms with Crippen LogP contribution in [0.3, 0.4) is 0 Å². The number of rotatable bonds is 6. The Morgan fingerprint density at radius 1 is 1.32 bits per heavy atom. The third-order valence-electron chi connectivity index (χ3n) is 4.27. The van der Waals surface area contributed by atoms with Crippen LogP contribution in [0.25, 0.3) is 0 Å². The van der Waals surface area contributed by atoms with E-state index in [-0.39, 0.29) is 12.0 Å². The molecule has 2 N–H and O–H groups in total. The van der Waals surface area contributed by atoms with Gasteiger partial charge in [0.15, 0.2) is 0 Å². The zero-order valence-electron chi connectivity index (χ0n) is 12.2. The van der Waals surface area contributed by atoms with Gasteiger partial charge in [0.1, 0.15) is 0 Å². The predicted molar refractivity (Wildman–Crippen MR) is 81.9 cm³/mol. The quantitative estimate of drug-likeness (QED) is 0.827. The van der Waals surface area contributed by atoms with Crippen LogP contribution in [0.4, 0.5) is 11.4 Å². The maximum absolute atomic E-state index is 9.44. The molecule has 3 nitrogen and oxygen atoms in total. The average Bonchev–Trinajstić information content (AvgIpc) is 2.99. The van der Waals surface area contributed by atoms with Gasteiger partial charge in [-0.15, -0.1) is 0 Å². The summed E-state index contributed by atoms with van der Waals surface area (Å²) in [5.74, 6) is 0. The maximum Gasteiger partial charge on any atom is 0.0501 e. The molecule has 1 aromatic rings. The highest BCUT2D eigenvalue weighted by Gasteiger charge is 2.20. The van der Waals surface area contributed by atoms with E-state index < -0.39 is 0 Å². The lowest BCUT2D eigenvalue weighted by molar-refractivity contribution is 0.149. The molecule has 1 unspecified atom stereocenters. The lowest BCUT2D eigenvalue weighted by Crippen LogP contribution is -2.29. The molecular formula is C16H26N2O. The molecule has 3 heteroatoms. The summed E-state index contributed by atoms with van der Waals surface area (Å²) in [7, 11) is 0. The average molecular weight is 262 g/mol. The molecule has 0 amide bonds. The molecule has 1 aliphatic heterocycles. The fourth-order valence-corrected chi connectivity index (χ4v) is 2.40. The van der Waals surface area contributed by atoms with Crippen LogP contribution in [0.2, 0.25) is 0 Å². The van der Waals surface area contributed by atoms with Gasteiger partial charge in [0.25, 0.3) is 0 Å². The molecule has 106 valence electrons. The van der Waals surface area contributed by atoms with E-state index in [1.54, 1.807) is 0 Å². The molecule has 19 heavy (non-hydrogen) atoms. The van der Waals surface area contributed by atoms with Gasteiger partial charge in [-0.05, 0) is 37.5 Å². The van der Waals surface area contributed by atoms with E-state index >= 15 is 0 Å². The molecular weight excluding hydrogens is 236 g/mol. The van der Waals surface area contributed by atoms with Crippen molar-refractivity contribution >= 4 is 11.4 Å². The summed E-state index contributed by atoms with van der Waals surface area (Å²) in [4.78, 5) is 2.44. The Balaban J connectivity index is 1.99. The van der Waals surface area contributed by atoms with Gasteiger partial charge in [-0.25, -0.2) is 0 Å². The summed E-state index contributed by atoms with van der Waals surface area (Å²) in [6, 6.07) is 8.62. The molecule has 0 bridgehead atoms. The van der Waals surface area contributed by atoms with Crippen molar-refractivity contribution in [3.8, 4) is 0 Å². The van der Waals surface area contributed by atoms with E-state index in [2.05, 4.69) is 48.3 Å². The third-order valence-corrected chi connectivity index (χ3v) is 4.27. The summed E-state index contributed by atoms with van der Waals surface area (Å²) >= 11 is 0. The zero-order valence-corrected chi connectivity index (χ0v) is 12.2. The molecule has 0 saturated carbocycles. The normalized spacial score (nSPS) is 18.4. The van der Waals surface area contributed by atoms with Gasteiger partial charge in [-0.1, -0.05) is 19.9 Å². The SMILES string of the molecule is CCC(C)(CO)CNc1cccc(N2CCCC2)c1. The fraction of sp³-hybridized carbons (Fsp3) is 0.625. The van der Waals surface area contributed by atoms with Gasteiger partial charge in [0.2, 0.25) is 0 Å². The number of nitrogens with one attached hydrogen (secondary N) is 1. The van der Waals surface area contributed by atoms with E-state index in [1.165, 1.54) is 31.6 Å². The third kappa shape index (κ3) is 3.63. The van der Waals surface area contributed by atoms with E-state index in [9.17, 15) is 5.11 Å². The zero-order chi connectivity index (χ0) is 13.7. The van der Waals surface area contributed by atoms with Crippen LogP contribution >= 0.6 is 0 Å². The second kappa shape index (κ2) is 6.29. The number of hydrogen-bond acceptors (Lipinski definition) is 3. The first-order valence-corrected chi connectivity index (χ1v) is 7.36. The molecule has 1 heterocycles. The second-order valence-corrected chi connectivity index (χ2v) is 5.92. The molecule has 1 aliphatic rings. The Kier molecular flexibility index (Phi) is 4.70. The smallest absolute Gasteiger partial charge is 0.0501 e. The molecule has 0 radical (unpaired) electrons. The standard InChI is InChI=1S/C16H26N2O/c1-3-16(2,13-19)12-17-14-7-6-8-15(11-14)18-9-4-5-10-18/h6-8,11,17,19H,3-5,9-10,12-13H2,1-2H3. The van der Waals surface area contributed by atoms with E-state index in [1.807, 2.05) is 0 Å². The van der Waals surface area contributed by atoms with E-state index in [0.29, 0.717) is 0 Å². The van der Waals surface area contributed by atoms with Crippen LogP contribution in [-0.2, 0) is 0 Å². The molecule has 1 fully saturated rings. The minimum Gasteiger partial charge on any atom is -0.396 e. The van der Waals surface area contributed by atoms with Crippen molar-refractivity contribution < 1.29 is 5.11 Å². The summed E-state index contributed by atoms with van der Waals surface area (Å²) in [6.07, 6.45) is 3.58. The van der Waals surface area contributed by atoms with E-state index in [0.717, 1.165) is 18.7 Å². The predicted octanol–water partition coefficient (Wildman–Crippen LogP) is 3.11. The first-order valence-electron chi connectivity index (χ1n) is 7.36. The summed E-state index contributed by atoms with van der Waals surface area (Å²) in [5, 5.41) is 12.9. The summed E-state index contributed by atoms with van der Waals surface area (Å²) in [6.45, 7) is 7.62. The lowest BCUT2D eigenvalue weighted by atomic mass is 9.88. The summed E-state index contributed by atoms with van der Waals surface area (Å²) in [5.41, 5.74) is 2.42. The molecule has 1 saturated heterocycles. The number of anilines is 2. The topological polar surface area (TPSA) is 35.5 Å². The van der Waals surface area contributed by atoms with E-state index in [4.69, 9.17) is 0 Å². The largest absolute Gasteiger partial charge is 0.396 e. The van der Waals surface area contributed by atoms with Crippen LogP contribution in [-0.4, -0.2) is 31.3 Å². The van der Waals surface area contributed by atoms with Gasteiger partial charge in [0, 0.05) is 36.4 Å². The lowest BCUT2D eigenvalue weighted by Gasteiger charge is -2.27. The molecule has 1 atom stereocenters. The Bertz CT molecular complexity index is 395. The van der Waals surface area contributed by atoms with Gasteiger partial charge in [-0.3, -0.25) is 0 Å². The number of hydrogen-bond donors (Lipinski definition) is 2. The first-order chi connectivity index (χ1) is 9.17. The minimum absolute atomic E-state index is 0.0380. The number of nitrogens with zero attached hydrogens (tertiary/aromatic N) is 1. The number of aliphatic hydroxyl groups is 1. The molecule has 0 spiro atoms. The van der Waals surface area contributed by atoms with Crippen molar-refractivity contribution in [3.05, 3.63) is 24.3 Å². The number of benzene rings is 1. The van der Waals surface area contributed by atoms with Crippen molar-refractivity contribution in [2.75, 3.05) is 36.5 Å². The molecule has 0 aromatic heterocycles. The van der Waals surface area contributed by atoms with Crippen LogP contribution in [0.15, 0.2) is 24.3 Å². The first kappa shape index (κ1) is 14.2. The Morgan fingerprint density at radius 3 is 2.68 bits per heavy atom. The van der Waals surface area contributed by atoms with Crippen LogP contribution in [0, 0.1) is 5.41 Å². The highest BCUT2D eigenvalue weighted by molar-refractivity contribution is 5.58. The fourth-order valence-electron chi connectivity index (χ4n) is 2.40. The van der Waals surface area contributed by atoms with Crippen LogP contribution in [0.1, 0.15) is 33.1 Å². The monoisotopic (exact) mass is 262 g/mol. The minimum atomic E-state index is -0.0380. The van der Waals surface area contributed by atoms with Crippen molar-refractivity contribution in [1.82, 2.24) is 0 Å². The maximum atomic E-state index is 9.44. The highest BCUT2D eigenvalue weighted by Crippen LogP contribution is 2.25. The number of aliphatic hydroxyl groups excluding tert-OH is 1. The van der Waals surface area contributed by atoms with Gasteiger partial charge < -0.3 is 15.3 Å². The molecule has 0 aliphatic carbocycles. The molecule has 1 aromatic carbocycles. The Morgan fingerprint density at radius 2 is 2.05 bits per heavy atom. The summed E-state index contributed by atoms with van der Waals surface area (Å²) < 4.78 is 0.